The highest BCUT2D eigenvalue weighted by Crippen LogP contribution is 2.63. The molecule has 314 valence electrons. The molecule has 0 fully saturated rings. The van der Waals surface area contributed by atoms with E-state index in [1.54, 1.807) is 0 Å². The second-order valence-corrected chi connectivity index (χ2v) is 20.2. The molecule has 67 heavy (non-hydrogen) atoms. The van der Waals surface area contributed by atoms with E-state index in [9.17, 15) is 5.26 Å². The molecule has 1 aliphatic heterocycles. The summed E-state index contributed by atoms with van der Waals surface area (Å²) in [6.07, 6.45) is 0. The van der Waals surface area contributed by atoms with Crippen LogP contribution in [-0.2, 0) is 9.98 Å². The van der Waals surface area contributed by atoms with E-state index in [4.69, 9.17) is 4.74 Å². The molecular weight excluding hydrogens is 836 g/mol. The van der Waals surface area contributed by atoms with Crippen LogP contribution in [0.5, 0.6) is 11.5 Å². The van der Waals surface area contributed by atoms with Crippen LogP contribution in [0.2, 0.25) is 0 Å². The smallest absolute Gasteiger partial charge is 0.171 e. The van der Waals surface area contributed by atoms with Crippen LogP contribution in [0.4, 0.5) is 0 Å². The summed E-state index contributed by atoms with van der Waals surface area (Å²) in [5, 5.41) is 14.5. The Hall–Kier alpha value is -8.48. The van der Waals surface area contributed by atoms with Crippen molar-refractivity contribution in [3.63, 3.8) is 0 Å². The van der Waals surface area contributed by atoms with E-state index >= 15 is 4.57 Å². The molecule has 1 aliphatic carbocycles. The molecule has 1 aromatic heterocycles. The molecule has 2 heterocycles. The van der Waals surface area contributed by atoms with Gasteiger partial charge in [0.25, 0.3) is 0 Å². The molecule has 0 atom stereocenters. The number of rotatable bonds is 6. The van der Waals surface area contributed by atoms with Gasteiger partial charge in [0.1, 0.15) is 11.5 Å². The average molecular weight is 875 g/mol. The maximum Gasteiger partial charge on any atom is 0.171 e. The minimum absolute atomic E-state index is 0.629. The van der Waals surface area contributed by atoms with Gasteiger partial charge >= 0.3 is 0 Å². The lowest BCUT2D eigenvalue weighted by Crippen LogP contribution is -2.32. The van der Waals surface area contributed by atoms with Crippen LogP contribution >= 0.6 is 7.14 Å². The predicted octanol–water partition coefficient (Wildman–Crippen LogP) is 14.1. The standard InChI is InChI=1S/C62H39N2O2P/c63-40-41-24-32-58-52(36-41)53-37-43(27-33-59(53)64(58)46-14-4-1-5-15-46)45-29-35-61-57(39-45)62(54-22-12-10-20-50(54)51-21-11-13-23-55(51)62)56-38-44(28-34-60(56)66-61)42-25-30-49(31-26-42)67(65,47-16-6-2-7-17-47)48-18-8-3-9-19-48/h1-39H. The van der Waals surface area contributed by atoms with Crippen molar-refractivity contribution in [3.05, 3.63) is 264 Å². The van der Waals surface area contributed by atoms with E-state index in [0.29, 0.717) is 5.56 Å². The van der Waals surface area contributed by atoms with Gasteiger partial charge in [0.2, 0.25) is 0 Å². The van der Waals surface area contributed by atoms with Crippen LogP contribution < -0.4 is 20.7 Å². The Labute approximate surface area is 388 Å². The Morgan fingerprint density at radius 1 is 0.418 bits per heavy atom. The number of para-hydroxylation sites is 1. The number of benzene rings is 10. The molecule has 0 N–H and O–H groups in total. The Kier molecular flexibility index (Phi) is 8.74. The van der Waals surface area contributed by atoms with Gasteiger partial charge in [0.05, 0.1) is 28.1 Å². The van der Waals surface area contributed by atoms with Crippen molar-refractivity contribution in [1.29, 1.82) is 5.26 Å². The lowest BCUT2D eigenvalue weighted by atomic mass is 9.65. The van der Waals surface area contributed by atoms with E-state index in [1.165, 1.54) is 22.3 Å². The van der Waals surface area contributed by atoms with Crippen LogP contribution in [0.3, 0.4) is 0 Å². The Morgan fingerprint density at radius 3 is 1.45 bits per heavy atom. The summed E-state index contributed by atoms with van der Waals surface area (Å²) in [6, 6.07) is 84.2. The third kappa shape index (κ3) is 5.76. The SMILES string of the molecule is N#Cc1ccc2c(c1)c1cc(-c3ccc4c(c3)C3(c5cc(-c6ccc(P(=O)(c7ccccc7)c7ccccc7)cc6)ccc5O4)c4ccccc4-c4ccccc43)ccc1n2-c1ccccc1. The van der Waals surface area contributed by atoms with Gasteiger partial charge in [0.15, 0.2) is 7.14 Å². The predicted molar refractivity (Wildman–Crippen MR) is 273 cm³/mol. The minimum Gasteiger partial charge on any atom is -0.457 e. The van der Waals surface area contributed by atoms with Crippen molar-refractivity contribution in [3.8, 4) is 56.6 Å². The van der Waals surface area contributed by atoms with Gasteiger partial charge in [-0.05, 0) is 111 Å². The van der Waals surface area contributed by atoms with Crippen LogP contribution in [0.25, 0.3) is 60.9 Å². The fourth-order valence-electron chi connectivity index (χ4n) is 11.0. The Bertz CT molecular complexity index is 3780. The second-order valence-electron chi connectivity index (χ2n) is 17.4. The number of aromatic nitrogens is 1. The molecule has 0 unspecified atom stereocenters. The zero-order valence-corrected chi connectivity index (χ0v) is 37.1. The summed E-state index contributed by atoms with van der Waals surface area (Å²) < 4.78 is 24.5. The fraction of sp³-hybridized carbons (Fsp3) is 0.0161. The number of hydrogen-bond donors (Lipinski definition) is 0. The zero-order chi connectivity index (χ0) is 44.7. The molecule has 5 heteroatoms. The molecule has 0 amide bonds. The van der Waals surface area contributed by atoms with E-state index in [-0.39, 0.29) is 0 Å². The first-order valence-corrected chi connectivity index (χ1v) is 24.3. The topological polar surface area (TPSA) is 55.0 Å². The molecule has 0 bridgehead atoms. The van der Waals surface area contributed by atoms with E-state index in [1.807, 2.05) is 91.0 Å². The number of hydrogen-bond acceptors (Lipinski definition) is 3. The molecule has 1 spiro atoms. The van der Waals surface area contributed by atoms with Crippen LogP contribution in [0, 0.1) is 11.3 Å². The van der Waals surface area contributed by atoms with Crippen molar-refractivity contribution in [1.82, 2.24) is 4.57 Å². The van der Waals surface area contributed by atoms with Gasteiger partial charge in [-0.25, -0.2) is 0 Å². The van der Waals surface area contributed by atoms with Gasteiger partial charge in [-0.15, -0.1) is 0 Å². The van der Waals surface area contributed by atoms with Gasteiger partial charge < -0.3 is 13.9 Å². The van der Waals surface area contributed by atoms with Crippen LogP contribution in [0.1, 0.15) is 27.8 Å². The second kappa shape index (κ2) is 15.0. The summed E-state index contributed by atoms with van der Waals surface area (Å²) in [5.74, 6) is 1.63. The maximum absolute atomic E-state index is 15.3. The quantitative estimate of drug-likeness (QED) is 0.156. The van der Waals surface area contributed by atoms with E-state index in [0.717, 1.165) is 88.3 Å². The van der Waals surface area contributed by atoms with Crippen molar-refractivity contribution in [2.24, 2.45) is 0 Å². The van der Waals surface area contributed by atoms with Crippen molar-refractivity contribution < 1.29 is 9.30 Å². The van der Waals surface area contributed by atoms with Crippen LogP contribution in [0.15, 0.2) is 237 Å². The first-order valence-electron chi connectivity index (χ1n) is 22.6. The van der Waals surface area contributed by atoms with Gasteiger partial charge in [0, 0.05) is 43.5 Å². The molecule has 10 aromatic carbocycles. The summed E-state index contributed by atoms with van der Waals surface area (Å²) in [7, 11) is -3.15. The average Bonchev–Trinajstić information content (AvgIpc) is 3.89. The maximum atomic E-state index is 15.3. The molecular formula is C62H39N2O2P. The molecule has 11 aromatic rings. The van der Waals surface area contributed by atoms with Crippen molar-refractivity contribution >= 4 is 44.9 Å². The highest BCUT2D eigenvalue weighted by atomic mass is 31.2. The third-order valence-corrected chi connectivity index (χ3v) is 17.1. The first-order chi connectivity index (χ1) is 33.0. The summed E-state index contributed by atoms with van der Waals surface area (Å²) >= 11 is 0. The van der Waals surface area contributed by atoms with Crippen molar-refractivity contribution in [2.75, 3.05) is 0 Å². The highest BCUT2D eigenvalue weighted by molar-refractivity contribution is 7.85. The Morgan fingerprint density at radius 2 is 0.866 bits per heavy atom. The molecule has 4 nitrogen and oxygen atoms in total. The summed E-state index contributed by atoms with van der Waals surface area (Å²) in [6.45, 7) is 0. The van der Waals surface area contributed by atoms with Gasteiger partial charge in [-0.1, -0.05) is 170 Å². The van der Waals surface area contributed by atoms with Crippen molar-refractivity contribution in [2.45, 2.75) is 5.41 Å². The molecule has 0 saturated carbocycles. The molecule has 0 radical (unpaired) electrons. The van der Waals surface area contributed by atoms with Crippen LogP contribution in [-0.4, -0.2) is 4.57 Å². The Balaban J connectivity index is 0.990. The van der Waals surface area contributed by atoms with Gasteiger partial charge in [-0.2, -0.15) is 5.26 Å². The van der Waals surface area contributed by atoms with E-state index < -0.39 is 12.6 Å². The zero-order valence-electron chi connectivity index (χ0n) is 36.2. The number of fused-ring (bicyclic) bond motifs is 12. The van der Waals surface area contributed by atoms with Gasteiger partial charge in [-0.3, -0.25) is 0 Å². The molecule has 13 rings (SSSR count). The highest BCUT2D eigenvalue weighted by Gasteiger charge is 2.51. The molecule has 0 saturated heterocycles. The molecule has 2 aliphatic rings. The third-order valence-electron chi connectivity index (χ3n) is 14.0. The monoisotopic (exact) mass is 874 g/mol. The normalized spacial score (nSPS) is 13.1. The summed E-state index contributed by atoms with van der Waals surface area (Å²) in [4.78, 5) is 0. The number of nitriles is 1. The largest absolute Gasteiger partial charge is 0.457 e. The van der Waals surface area contributed by atoms with E-state index in [2.05, 4.69) is 156 Å². The number of nitrogens with zero attached hydrogens (tertiary/aromatic N) is 2. The fourth-order valence-corrected chi connectivity index (χ4v) is 13.6. The first kappa shape index (κ1) is 38.9. The minimum atomic E-state index is -3.15. The summed E-state index contributed by atoms with van der Waals surface area (Å²) in [5.41, 5.74) is 14.3. The lowest BCUT2D eigenvalue weighted by molar-refractivity contribution is 0.436. The lowest BCUT2D eigenvalue weighted by Gasteiger charge is -2.40. The number of ether oxygens (including phenoxy) is 1.